The second-order valence-electron chi connectivity index (χ2n) is 4.97. The molecule has 1 amide bonds. The van der Waals surface area contributed by atoms with Crippen LogP contribution >= 0.6 is 15.9 Å². The van der Waals surface area contributed by atoms with Crippen LogP contribution in [0.3, 0.4) is 0 Å². The number of nitrogens with zero attached hydrogens (tertiary/aromatic N) is 1. The topological polar surface area (TPSA) is 92.8 Å². The molecule has 23 heavy (non-hydrogen) atoms. The SMILES string of the molecule is C[C@H](OC(=O)CCNS(=O)(=O)c1ccc(Br)cc1)C(=O)N(C)C. The third-order valence-corrected chi connectivity index (χ3v) is 4.85. The average molecular weight is 407 g/mol. The molecule has 128 valence electrons. The van der Waals surface area contributed by atoms with Crippen LogP contribution in [0.5, 0.6) is 0 Å². The van der Waals surface area contributed by atoms with E-state index in [2.05, 4.69) is 20.7 Å². The lowest BCUT2D eigenvalue weighted by atomic mass is 10.3. The molecule has 0 spiro atoms. The lowest BCUT2D eigenvalue weighted by molar-refractivity contribution is -0.157. The van der Waals surface area contributed by atoms with Crippen molar-refractivity contribution in [1.82, 2.24) is 9.62 Å². The molecule has 1 rings (SSSR count). The number of likely N-dealkylation sites (N-methyl/N-ethyl adjacent to an activating group) is 1. The van der Waals surface area contributed by atoms with E-state index in [0.29, 0.717) is 0 Å². The summed E-state index contributed by atoms with van der Waals surface area (Å²) in [5, 5.41) is 0. The zero-order valence-electron chi connectivity index (χ0n) is 13.1. The maximum absolute atomic E-state index is 12.0. The van der Waals surface area contributed by atoms with Crippen LogP contribution in [0.1, 0.15) is 13.3 Å². The van der Waals surface area contributed by atoms with Gasteiger partial charge in [0.25, 0.3) is 5.91 Å². The summed E-state index contributed by atoms with van der Waals surface area (Å²) < 4.78 is 32.0. The first-order valence-electron chi connectivity index (χ1n) is 6.79. The van der Waals surface area contributed by atoms with Crippen LogP contribution in [0.4, 0.5) is 0 Å². The minimum Gasteiger partial charge on any atom is -0.452 e. The fourth-order valence-corrected chi connectivity index (χ4v) is 2.95. The molecule has 1 aromatic carbocycles. The number of rotatable bonds is 7. The predicted octanol–water partition coefficient (Wildman–Crippen LogP) is 1.14. The Kier molecular flexibility index (Phi) is 7.17. The van der Waals surface area contributed by atoms with Gasteiger partial charge < -0.3 is 9.64 Å². The Bertz CT molecular complexity index is 658. The Morgan fingerprint density at radius 1 is 1.26 bits per heavy atom. The molecule has 0 aliphatic carbocycles. The van der Waals surface area contributed by atoms with Gasteiger partial charge in [-0.15, -0.1) is 0 Å². The number of amides is 1. The van der Waals surface area contributed by atoms with Crippen molar-refractivity contribution in [3.8, 4) is 0 Å². The van der Waals surface area contributed by atoms with E-state index in [9.17, 15) is 18.0 Å². The molecule has 0 aromatic heterocycles. The van der Waals surface area contributed by atoms with Gasteiger partial charge in [0.05, 0.1) is 11.3 Å². The van der Waals surface area contributed by atoms with Crippen molar-refractivity contribution < 1.29 is 22.7 Å². The van der Waals surface area contributed by atoms with Crippen molar-refractivity contribution in [2.24, 2.45) is 0 Å². The second kappa shape index (κ2) is 8.42. The lowest BCUT2D eigenvalue weighted by Gasteiger charge is -2.17. The minimum atomic E-state index is -3.68. The number of hydrogen-bond donors (Lipinski definition) is 1. The summed E-state index contributed by atoms with van der Waals surface area (Å²) in [7, 11) is -0.576. The summed E-state index contributed by atoms with van der Waals surface area (Å²) in [6.07, 6.45) is -1.07. The molecular weight excluding hydrogens is 388 g/mol. The minimum absolute atomic E-state index is 0.102. The van der Waals surface area contributed by atoms with Gasteiger partial charge in [-0.1, -0.05) is 15.9 Å². The van der Waals surface area contributed by atoms with E-state index in [-0.39, 0.29) is 23.8 Å². The zero-order chi connectivity index (χ0) is 17.6. The standard InChI is InChI=1S/C14H19BrN2O5S/c1-10(14(19)17(2)3)22-13(18)8-9-16-23(20,21)12-6-4-11(15)5-7-12/h4-7,10,16H,8-9H2,1-3H3/t10-/m0/s1. The van der Waals surface area contributed by atoms with E-state index >= 15 is 0 Å². The van der Waals surface area contributed by atoms with Crippen molar-refractivity contribution in [3.05, 3.63) is 28.7 Å². The molecule has 0 fully saturated rings. The van der Waals surface area contributed by atoms with Crippen LogP contribution in [0.25, 0.3) is 0 Å². The zero-order valence-corrected chi connectivity index (χ0v) is 15.5. The molecule has 1 N–H and O–H groups in total. The van der Waals surface area contributed by atoms with Crippen LogP contribution in [0.2, 0.25) is 0 Å². The van der Waals surface area contributed by atoms with Gasteiger partial charge in [0.2, 0.25) is 10.0 Å². The van der Waals surface area contributed by atoms with Gasteiger partial charge in [0, 0.05) is 25.1 Å². The maximum atomic E-state index is 12.0. The van der Waals surface area contributed by atoms with Crippen LogP contribution in [0.15, 0.2) is 33.6 Å². The lowest BCUT2D eigenvalue weighted by Crippen LogP contribution is -2.35. The number of nitrogens with one attached hydrogen (secondary N) is 1. The van der Waals surface area contributed by atoms with E-state index in [1.807, 2.05) is 0 Å². The smallest absolute Gasteiger partial charge is 0.307 e. The molecule has 0 unspecified atom stereocenters. The van der Waals surface area contributed by atoms with Crippen molar-refractivity contribution in [3.63, 3.8) is 0 Å². The third kappa shape index (κ3) is 6.28. The van der Waals surface area contributed by atoms with Crippen molar-refractivity contribution in [1.29, 1.82) is 0 Å². The number of esters is 1. The molecule has 0 aliphatic heterocycles. The van der Waals surface area contributed by atoms with E-state index in [1.54, 1.807) is 26.2 Å². The monoisotopic (exact) mass is 406 g/mol. The Morgan fingerprint density at radius 2 is 1.83 bits per heavy atom. The molecule has 1 atom stereocenters. The quantitative estimate of drug-likeness (QED) is 0.685. The van der Waals surface area contributed by atoms with E-state index < -0.39 is 22.1 Å². The number of hydrogen-bond acceptors (Lipinski definition) is 5. The first-order valence-corrected chi connectivity index (χ1v) is 9.07. The Hall–Kier alpha value is -1.45. The molecule has 0 heterocycles. The van der Waals surface area contributed by atoms with Gasteiger partial charge in [-0.2, -0.15) is 0 Å². The first kappa shape index (κ1) is 19.6. The van der Waals surface area contributed by atoms with Gasteiger partial charge in [0.15, 0.2) is 6.10 Å². The number of carbonyl (C=O) groups is 2. The molecule has 9 heteroatoms. The summed E-state index contributed by atoms with van der Waals surface area (Å²) in [4.78, 5) is 24.6. The number of halogens is 1. The summed E-state index contributed by atoms with van der Waals surface area (Å²) in [6, 6.07) is 6.11. The maximum Gasteiger partial charge on any atom is 0.307 e. The van der Waals surface area contributed by atoms with Crippen LogP contribution in [0, 0.1) is 0 Å². The van der Waals surface area contributed by atoms with Crippen LogP contribution < -0.4 is 4.72 Å². The largest absolute Gasteiger partial charge is 0.452 e. The number of sulfonamides is 1. The molecular formula is C14H19BrN2O5S. The van der Waals surface area contributed by atoms with Gasteiger partial charge >= 0.3 is 5.97 Å². The molecule has 7 nitrogen and oxygen atoms in total. The molecule has 1 aromatic rings. The highest BCUT2D eigenvalue weighted by Crippen LogP contribution is 2.14. The normalized spacial score (nSPS) is 12.5. The third-order valence-electron chi connectivity index (χ3n) is 2.84. The predicted molar refractivity (Wildman–Crippen MR) is 88.2 cm³/mol. The van der Waals surface area contributed by atoms with Gasteiger partial charge in [0.1, 0.15) is 0 Å². The Balaban J connectivity index is 2.48. The van der Waals surface area contributed by atoms with Gasteiger partial charge in [-0.05, 0) is 31.2 Å². The van der Waals surface area contributed by atoms with E-state index in [0.717, 1.165) is 4.47 Å². The molecule has 0 aliphatic rings. The Morgan fingerprint density at radius 3 is 2.35 bits per heavy atom. The highest BCUT2D eigenvalue weighted by atomic mass is 79.9. The average Bonchev–Trinajstić information content (AvgIpc) is 2.46. The van der Waals surface area contributed by atoms with Crippen molar-refractivity contribution >= 4 is 37.8 Å². The van der Waals surface area contributed by atoms with E-state index in [4.69, 9.17) is 4.74 Å². The van der Waals surface area contributed by atoms with Crippen LogP contribution in [-0.2, 0) is 24.3 Å². The summed E-state index contributed by atoms with van der Waals surface area (Å²) in [5.41, 5.74) is 0. The summed E-state index contributed by atoms with van der Waals surface area (Å²) in [5.74, 6) is -0.986. The molecule has 0 radical (unpaired) electrons. The fraction of sp³-hybridized carbons (Fsp3) is 0.429. The number of ether oxygens (including phenoxy) is 1. The van der Waals surface area contributed by atoms with Crippen molar-refractivity contribution in [2.45, 2.75) is 24.3 Å². The fourth-order valence-electron chi connectivity index (χ4n) is 1.65. The summed E-state index contributed by atoms with van der Waals surface area (Å²) in [6.45, 7) is 1.35. The molecule has 0 saturated heterocycles. The first-order chi connectivity index (χ1) is 10.6. The van der Waals surface area contributed by atoms with E-state index in [1.165, 1.54) is 24.0 Å². The summed E-state index contributed by atoms with van der Waals surface area (Å²) >= 11 is 3.22. The number of carbonyl (C=O) groups excluding carboxylic acids is 2. The molecule has 0 saturated carbocycles. The highest BCUT2D eigenvalue weighted by Gasteiger charge is 2.20. The number of benzene rings is 1. The van der Waals surface area contributed by atoms with Crippen molar-refractivity contribution in [2.75, 3.05) is 20.6 Å². The second-order valence-corrected chi connectivity index (χ2v) is 7.65. The van der Waals surface area contributed by atoms with Crippen LogP contribution in [-0.4, -0.2) is 51.9 Å². The van der Waals surface area contributed by atoms with Gasteiger partial charge in [-0.25, -0.2) is 13.1 Å². The highest BCUT2D eigenvalue weighted by molar-refractivity contribution is 9.10. The Labute approximate surface area is 144 Å². The van der Waals surface area contributed by atoms with Gasteiger partial charge in [-0.3, -0.25) is 9.59 Å². The molecule has 0 bridgehead atoms.